The fraction of sp³-hybridized carbons (Fsp3) is 0.590. The molecule has 17 heteroatoms. The SMILES string of the molecule is CC[Si](CC)(CC)OC(CN(CCOc1ccc2c(C3CCC3)nn(C(=O)O)c2c1)C(=O)OC(C)(C)C)c1ccc(Cl)c(N(CC(=O)OC(C)(C)C)S(=O)[O-])c1. The Morgan fingerprint density at radius 2 is 1.66 bits per heavy atom. The lowest BCUT2D eigenvalue weighted by atomic mass is 9.82. The smallest absolute Gasteiger partial charge is 0.432 e. The molecular formula is C39H56ClN4O10SSi-. The molecule has 1 amide bonds. The van der Waals surface area contributed by atoms with Crippen LogP contribution in [0.5, 0.6) is 5.75 Å². The number of fused-ring (bicyclic) bond motifs is 1. The van der Waals surface area contributed by atoms with Gasteiger partial charge in [0.15, 0.2) is 8.32 Å². The molecule has 2 unspecified atom stereocenters. The van der Waals surface area contributed by atoms with E-state index in [0.29, 0.717) is 16.8 Å². The molecule has 0 bridgehead atoms. The number of hydrogen-bond acceptors (Lipinski definition) is 10. The average molecular weight is 837 g/mol. The van der Waals surface area contributed by atoms with E-state index in [1.807, 2.05) is 6.07 Å². The lowest BCUT2D eigenvalue weighted by Gasteiger charge is -2.37. The van der Waals surface area contributed by atoms with Gasteiger partial charge in [-0.3, -0.25) is 13.3 Å². The van der Waals surface area contributed by atoms with Gasteiger partial charge in [-0.25, -0.2) is 9.59 Å². The van der Waals surface area contributed by atoms with Crippen LogP contribution in [0.2, 0.25) is 23.2 Å². The van der Waals surface area contributed by atoms with Crippen LogP contribution in [-0.4, -0.2) is 92.5 Å². The fourth-order valence-electron chi connectivity index (χ4n) is 6.54. The maximum Gasteiger partial charge on any atom is 0.432 e. The molecule has 3 aromatic rings. The highest BCUT2D eigenvalue weighted by atomic mass is 35.5. The Morgan fingerprint density at radius 3 is 2.20 bits per heavy atom. The Balaban J connectivity index is 1.68. The number of rotatable bonds is 17. The van der Waals surface area contributed by atoms with E-state index in [1.165, 1.54) is 4.90 Å². The van der Waals surface area contributed by atoms with Gasteiger partial charge in [0.05, 0.1) is 41.1 Å². The molecule has 2 aromatic carbocycles. The highest BCUT2D eigenvalue weighted by Crippen LogP contribution is 2.40. The van der Waals surface area contributed by atoms with Crippen molar-refractivity contribution in [2.24, 2.45) is 0 Å². The number of carbonyl (C=O) groups excluding carboxylic acids is 2. The summed E-state index contributed by atoms with van der Waals surface area (Å²) in [4.78, 5) is 40.2. The third-order valence-corrected chi connectivity index (χ3v) is 15.5. The van der Waals surface area contributed by atoms with Gasteiger partial charge in [-0.2, -0.15) is 9.78 Å². The molecule has 0 saturated heterocycles. The van der Waals surface area contributed by atoms with Crippen molar-refractivity contribution < 1.29 is 46.9 Å². The van der Waals surface area contributed by atoms with Crippen LogP contribution in [0.4, 0.5) is 15.3 Å². The van der Waals surface area contributed by atoms with Crippen LogP contribution in [0.1, 0.15) is 105 Å². The molecule has 1 heterocycles. The summed E-state index contributed by atoms with van der Waals surface area (Å²) < 4.78 is 51.3. The third kappa shape index (κ3) is 11.7. The number of ether oxygens (including phenoxy) is 3. The minimum absolute atomic E-state index is 0.0101. The normalized spacial score (nSPS) is 14.8. The van der Waals surface area contributed by atoms with E-state index in [1.54, 1.807) is 71.9 Å². The van der Waals surface area contributed by atoms with E-state index < -0.39 is 61.6 Å². The number of hydrogen-bond donors (Lipinski definition) is 1. The predicted octanol–water partition coefficient (Wildman–Crippen LogP) is 8.80. The first-order chi connectivity index (χ1) is 26.2. The number of esters is 1. The molecule has 1 aliphatic carbocycles. The number of amides is 1. The van der Waals surface area contributed by atoms with Crippen molar-refractivity contribution in [2.75, 3.05) is 30.5 Å². The van der Waals surface area contributed by atoms with E-state index in [0.717, 1.165) is 57.5 Å². The molecular weight excluding hydrogens is 780 g/mol. The van der Waals surface area contributed by atoms with Gasteiger partial charge in [0.2, 0.25) is 0 Å². The zero-order chi connectivity index (χ0) is 41.6. The molecule has 1 saturated carbocycles. The summed E-state index contributed by atoms with van der Waals surface area (Å²) in [7, 11) is -2.38. The van der Waals surface area contributed by atoms with Crippen LogP contribution in [0.15, 0.2) is 36.4 Å². The second-order valence-electron chi connectivity index (χ2n) is 16.1. The Labute approximate surface area is 338 Å². The highest BCUT2D eigenvalue weighted by Gasteiger charge is 2.36. The van der Waals surface area contributed by atoms with Crippen LogP contribution < -0.4 is 9.04 Å². The van der Waals surface area contributed by atoms with Crippen LogP contribution in [0.3, 0.4) is 0 Å². The lowest BCUT2D eigenvalue weighted by Crippen LogP contribution is -2.45. The average Bonchev–Trinajstić information content (AvgIpc) is 3.45. The number of carboxylic acid groups (broad SMARTS) is 1. The summed E-state index contributed by atoms with van der Waals surface area (Å²) in [6, 6.07) is 12.4. The number of benzene rings is 2. The van der Waals surface area contributed by atoms with Crippen molar-refractivity contribution in [3.63, 3.8) is 0 Å². The summed E-state index contributed by atoms with van der Waals surface area (Å²) in [6.45, 7) is 16.1. The van der Waals surface area contributed by atoms with Gasteiger partial charge in [-0.15, -0.1) is 0 Å². The standard InChI is InChI=1S/C39H57ClN4O10SSi/c1-10-56(11-2,12-3)54-33(27-16-19-30(40)32(22-27)43(55(49)50)25-34(45)52-38(4,5)6)24-42(37(48)53-39(7,8)9)20-21-51-28-17-18-29-31(23-28)44(36(46)47)41-35(29)26-14-13-15-26/h16-19,22-23,26,33H,10-15,20-21,24-25H2,1-9H3,(H,46,47)(H,49,50)/p-1. The lowest BCUT2D eigenvalue weighted by molar-refractivity contribution is -0.152. The van der Waals surface area contributed by atoms with E-state index in [-0.39, 0.29) is 36.3 Å². The molecule has 1 fully saturated rings. The van der Waals surface area contributed by atoms with Crippen LogP contribution in [-0.2, 0) is 30.0 Å². The van der Waals surface area contributed by atoms with E-state index in [4.69, 9.17) is 30.2 Å². The largest absolute Gasteiger partial charge is 0.755 e. The first-order valence-electron chi connectivity index (χ1n) is 19.1. The molecule has 1 aromatic heterocycles. The molecule has 1 aliphatic rings. The van der Waals surface area contributed by atoms with Gasteiger partial charge in [0.25, 0.3) is 0 Å². The Bertz CT molecular complexity index is 1880. The van der Waals surface area contributed by atoms with Gasteiger partial charge in [-0.05, 0) is 102 Å². The second-order valence-corrected chi connectivity index (χ2v) is 22.1. The van der Waals surface area contributed by atoms with E-state index in [2.05, 4.69) is 25.9 Å². The Kier molecular flexibility index (Phi) is 15.0. The molecule has 310 valence electrons. The van der Waals surface area contributed by atoms with Crippen molar-refractivity contribution in [1.29, 1.82) is 0 Å². The maximum absolute atomic E-state index is 13.9. The predicted molar refractivity (Wildman–Crippen MR) is 218 cm³/mol. The quantitative estimate of drug-likeness (QED) is 0.0782. The third-order valence-electron chi connectivity index (χ3n) is 9.83. The summed E-state index contributed by atoms with van der Waals surface area (Å²) in [5, 5.41) is 15.1. The van der Waals surface area contributed by atoms with Crippen LogP contribution in [0, 0.1) is 0 Å². The van der Waals surface area contributed by atoms with Crippen molar-refractivity contribution in [3.8, 4) is 5.75 Å². The summed E-state index contributed by atoms with van der Waals surface area (Å²) in [6.07, 6.45) is 0.460. The van der Waals surface area contributed by atoms with Crippen LogP contribution >= 0.6 is 11.6 Å². The highest BCUT2D eigenvalue weighted by molar-refractivity contribution is 7.80. The maximum atomic E-state index is 13.9. The van der Waals surface area contributed by atoms with Gasteiger partial charge >= 0.3 is 18.2 Å². The monoisotopic (exact) mass is 835 g/mol. The van der Waals surface area contributed by atoms with Gasteiger partial charge in [-0.1, -0.05) is 44.9 Å². The molecule has 0 radical (unpaired) electrons. The Morgan fingerprint density at radius 1 is 1.02 bits per heavy atom. The molecule has 2 atom stereocenters. The van der Waals surface area contributed by atoms with Crippen molar-refractivity contribution in [2.45, 2.75) is 123 Å². The second kappa shape index (κ2) is 18.7. The molecule has 56 heavy (non-hydrogen) atoms. The molecule has 1 N–H and O–H groups in total. The number of halogens is 1. The minimum atomic E-state index is -2.90. The van der Waals surface area contributed by atoms with Gasteiger partial charge in [0, 0.05) is 28.6 Å². The minimum Gasteiger partial charge on any atom is -0.755 e. The van der Waals surface area contributed by atoms with E-state index >= 15 is 0 Å². The first kappa shape index (κ1) is 45.0. The molecule has 4 rings (SSSR count). The number of nitrogens with zero attached hydrogens (tertiary/aromatic N) is 4. The fourth-order valence-corrected chi connectivity index (χ4v) is 10.1. The first-order valence-corrected chi connectivity index (χ1v) is 23.1. The zero-order valence-electron chi connectivity index (χ0n) is 33.9. The summed E-state index contributed by atoms with van der Waals surface area (Å²) in [5.74, 6) is -0.124. The van der Waals surface area contributed by atoms with Gasteiger partial charge in [0.1, 0.15) is 30.1 Å². The Hall–Kier alpha value is -3.70. The molecule has 0 spiro atoms. The summed E-state index contributed by atoms with van der Waals surface area (Å²) in [5.41, 5.74) is 0.125. The van der Waals surface area contributed by atoms with E-state index in [9.17, 15) is 28.3 Å². The van der Waals surface area contributed by atoms with Crippen molar-refractivity contribution in [3.05, 3.63) is 52.7 Å². The van der Waals surface area contributed by atoms with Crippen LogP contribution in [0.25, 0.3) is 10.9 Å². The number of anilines is 1. The number of aromatic nitrogens is 2. The van der Waals surface area contributed by atoms with Crippen molar-refractivity contribution >= 4 is 65.9 Å². The number of carbonyl (C=O) groups is 3. The topological polar surface area (TPSA) is 173 Å². The zero-order valence-corrected chi connectivity index (χ0v) is 36.5. The van der Waals surface area contributed by atoms with Crippen molar-refractivity contribution in [1.82, 2.24) is 14.7 Å². The van der Waals surface area contributed by atoms with Gasteiger partial charge < -0.3 is 33.2 Å². The summed E-state index contributed by atoms with van der Waals surface area (Å²) >= 11 is 3.68. The molecule has 0 aliphatic heterocycles. The molecule has 14 nitrogen and oxygen atoms in total.